The van der Waals surface area contributed by atoms with Gasteiger partial charge in [0.1, 0.15) is 23.1 Å². The highest BCUT2D eigenvalue weighted by atomic mass is 35.5. The van der Waals surface area contributed by atoms with Gasteiger partial charge in [-0.15, -0.1) is 0 Å². The summed E-state index contributed by atoms with van der Waals surface area (Å²) < 4.78 is 24.9. The lowest BCUT2D eigenvalue weighted by atomic mass is 10.2. The Bertz CT molecular complexity index is 1160. The van der Waals surface area contributed by atoms with Gasteiger partial charge in [-0.05, 0) is 48.9 Å². The molecule has 0 unspecified atom stereocenters. The second kappa shape index (κ2) is 7.66. The van der Waals surface area contributed by atoms with Gasteiger partial charge in [0.15, 0.2) is 0 Å². The van der Waals surface area contributed by atoms with E-state index in [1.165, 1.54) is 12.1 Å². The Balaban J connectivity index is 1.70. The molecule has 0 saturated heterocycles. The third kappa shape index (κ3) is 3.88. The number of nitrogens with zero attached hydrogens (tertiary/aromatic N) is 2. The Morgan fingerprint density at radius 1 is 1.07 bits per heavy atom. The van der Waals surface area contributed by atoms with Crippen LogP contribution in [0.25, 0.3) is 10.9 Å². The van der Waals surface area contributed by atoms with Crippen molar-refractivity contribution in [3.8, 4) is 11.8 Å². The number of nitrogens with one attached hydrogen (secondary N) is 1. The van der Waals surface area contributed by atoms with Crippen LogP contribution in [-0.4, -0.2) is 9.97 Å². The number of benzene rings is 2. The van der Waals surface area contributed by atoms with E-state index in [0.29, 0.717) is 39.1 Å². The predicted molar refractivity (Wildman–Crippen MR) is 107 cm³/mol. The number of anilines is 1. The van der Waals surface area contributed by atoms with Crippen LogP contribution >= 0.6 is 23.2 Å². The quantitative estimate of drug-likeness (QED) is 0.408. The summed E-state index contributed by atoms with van der Waals surface area (Å²) in [6.45, 7) is 2.32. The van der Waals surface area contributed by atoms with Gasteiger partial charge in [0.2, 0.25) is 0 Å². The largest absolute Gasteiger partial charge is 0.467 e. The summed E-state index contributed by atoms with van der Waals surface area (Å²) in [4.78, 5) is 8.74. The van der Waals surface area contributed by atoms with Crippen LogP contribution < -0.4 is 10.1 Å². The first-order chi connectivity index (χ1) is 13.5. The van der Waals surface area contributed by atoms with Crippen LogP contribution in [0.3, 0.4) is 0 Å². The molecule has 4 aromatic rings. The summed E-state index contributed by atoms with van der Waals surface area (Å²) in [5.74, 6) is 1.24. The van der Waals surface area contributed by atoms with Gasteiger partial charge in [0.05, 0.1) is 28.4 Å². The molecule has 28 heavy (non-hydrogen) atoms. The van der Waals surface area contributed by atoms with Crippen molar-refractivity contribution >= 4 is 39.9 Å². The van der Waals surface area contributed by atoms with Crippen molar-refractivity contribution in [2.45, 2.75) is 13.5 Å². The average Bonchev–Trinajstić information content (AvgIpc) is 3.08. The molecule has 0 bridgehead atoms. The summed E-state index contributed by atoms with van der Waals surface area (Å²) >= 11 is 12.0. The molecule has 142 valence electrons. The van der Waals surface area contributed by atoms with Crippen molar-refractivity contribution in [1.82, 2.24) is 9.97 Å². The summed E-state index contributed by atoms with van der Waals surface area (Å²) in [5.41, 5.74) is 1.54. The minimum atomic E-state index is -0.383. The third-order valence-electron chi connectivity index (χ3n) is 4.12. The minimum absolute atomic E-state index is 0.0937. The summed E-state index contributed by atoms with van der Waals surface area (Å²) in [6, 6.07) is 11.1. The molecule has 4 rings (SSSR count). The molecular weight excluding hydrogens is 404 g/mol. The fourth-order valence-electron chi connectivity index (χ4n) is 2.65. The van der Waals surface area contributed by atoms with Crippen molar-refractivity contribution < 1.29 is 13.5 Å². The molecule has 0 aliphatic heterocycles. The Morgan fingerprint density at radius 2 is 1.93 bits per heavy atom. The number of halogens is 3. The van der Waals surface area contributed by atoms with Gasteiger partial charge >= 0.3 is 6.01 Å². The van der Waals surface area contributed by atoms with Crippen LogP contribution in [0.2, 0.25) is 10.0 Å². The molecule has 0 aliphatic carbocycles. The SMILES string of the molecule is Cc1ccoc1CNc1nc(Oc2ccc(Cl)c(Cl)c2)nc2ccc(F)cc12. The van der Waals surface area contributed by atoms with Gasteiger partial charge in [-0.2, -0.15) is 9.97 Å². The number of rotatable bonds is 5. The van der Waals surface area contributed by atoms with E-state index >= 15 is 0 Å². The molecule has 0 aliphatic rings. The maximum atomic E-state index is 13.8. The van der Waals surface area contributed by atoms with E-state index in [4.69, 9.17) is 32.4 Å². The lowest BCUT2D eigenvalue weighted by Gasteiger charge is -2.11. The van der Waals surface area contributed by atoms with Crippen LogP contribution in [0, 0.1) is 12.7 Å². The molecule has 0 saturated carbocycles. The molecule has 5 nitrogen and oxygen atoms in total. The van der Waals surface area contributed by atoms with Crippen molar-refractivity contribution in [1.29, 1.82) is 0 Å². The maximum absolute atomic E-state index is 13.8. The molecule has 0 fully saturated rings. The number of fused-ring (bicyclic) bond motifs is 1. The van der Waals surface area contributed by atoms with E-state index in [2.05, 4.69) is 15.3 Å². The molecule has 1 N–H and O–H groups in total. The number of ether oxygens (including phenoxy) is 1. The van der Waals surface area contributed by atoms with E-state index in [-0.39, 0.29) is 11.8 Å². The minimum Gasteiger partial charge on any atom is -0.467 e. The summed E-state index contributed by atoms with van der Waals surface area (Å²) in [7, 11) is 0. The summed E-state index contributed by atoms with van der Waals surface area (Å²) in [6.07, 6.45) is 1.61. The van der Waals surface area contributed by atoms with Crippen molar-refractivity contribution in [3.63, 3.8) is 0 Å². The number of aromatic nitrogens is 2. The smallest absolute Gasteiger partial charge is 0.324 e. The van der Waals surface area contributed by atoms with Crippen LogP contribution in [0.1, 0.15) is 11.3 Å². The first kappa shape index (κ1) is 18.5. The van der Waals surface area contributed by atoms with Crippen molar-refractivity contribution in [2.75, 3.05) is 5.32 Å². The predicted octanol–water partition coefficient (Wildman–Crippen LogP) is 6.38. The van der Waals surface area contributed by atoms with Gasteiger partial charge in [0.25, 0.3) is 0 Å². The van der Waals surface area contributed by atoms with Crippen LogP contribution in [0.4, 0.5) is 10.2 Å². The van der Waals surface area contributed by atoms with Gasteiger partial charge < -0.3 is 14.5 Å². The lowest BCUT2D eigenvalue weighted by molar-refractivity contribution is 0.444. The highest BCUT2D eigenvalue weighted by Crippen LogP contribution is 2.30. The molecule has 2 heterocycles. The highest BCUT2D eigenvalue weighted by molar-refractivity contribution is 6.42. The zero-order valence-corrected chi connectivity index (χ0v) is 16.2. The van der Waals surface area contributed by atoms with Crippen molar-refractivity contribution in [3.05, 3.63) is 75.9 Å². The topological polar surface area (TPSA) is 60.2 Å². The fraction of sp³-hybridized carbons (Fsp3) is 0.100. The Hall–Kier alpha value is -2.83. The first-order valence-corrected chi connectivity index (χ1v) is 9.12. The second-order valence-corrected chi connectivity index (χ2v) is 6.89. The lowest BCUT2D eigenvalue weighted by Crippen LogP contribution is -2.04. The summed E-state index contributed by atoms with van der Waals surface area (Å²) in [5, 5.41) is 4.47. The monoisotopic (exact) mass is 417 g/mol. The number of hydrogen-bond donors (Lipinski definition) is 1. The molecule has 0 spiro atoms. The molecule has 0 radical (unpaired) electrons. The normalized spacial score (nSPS) is 11.0. The molecular formula is C20H14Cl2FN3O2. The molecule has 0 atom stereocenters. The maximum Gasteiger partial charge on any atom is 0.324 e. The Labute approximate surface area is 170 Å². The van der Waals surface area contributed by atoms with Gasteiger partial charge in [0, 0.05) is 11.5 Å². The van der Waals surface area contributed by atoms with Crippen LogP contribution in [0.5, 0.6) is 11.8 Å². The first-order valence-electron chi connectivity index (χ1n) is 8.36. The number of hydrogen-bond acceptors (Lipinski definition) is 5. The van der Waals surface area contributed by atoms with Gasteiger partial charge in [-0.3, -0.25) is 0 Å². The zero-order valence-electron chi connectivity index (χ0n) is 14.7. The van der Waals surface area contributed by atoms with E-state index in [1.54, 1.807) is 30.5 Å². The Kier molecular flexibility index (Phi) is 5.07. The molecule has 8 heteroatoms. The van der Waals surface area contributed by atoms with E-state index in [1.807, 2.05) is 13.0 Å². The number of aryl methyl sites for hydroxylation is 1. The average molecular weight is 418 g/mol. The third-order valence-corrected chi connectivity index (χ3v) is 4.86. The van der Waals surface area contributed by atoms with Crippen LogP contribution in [-0.2, 0) is 6.54 Å². The van der Waals surface area contributed by atoms with E-state index in [9.17, 15) is 4.39 Å². The second-order valence-electron chi connectivity index (χ2n) is 6.07. The standard InChI is InChI=1S/C20H14Cl2FN3O2/c1-11-6-7-27-18(11)10-24-19-14-8-12(23)2-5-17(14)25-20(26-19)28-13-3-4-15(21)16(22)9-13/h2-9H,10H2,1H3,(H,24,25,26). The van der Waals surface area contributed by atoms with Crippen LogP contribution in [0.15, 0.2) is 53.1 Å². The highest BCUT2D eigenvalue weighted by Gasteiger charge is 2.12. The molecule has 2 aromatic carbocycles. The van der Waals surface area contributed by atoms with Crippen molar-refractivity contribution in [2.24, 2.45) is 0 Å². The Morgan fingerprint density at radius 3 is 2.68 bits per heavy atom. The molecule has 0 amide bonds. The fourth-order valence-corrected chi connectivity index (χ4v) is 2.94. The zero-order chi connectivity index (χ0) is 19.7. The van der Waals surface area contributed by atoms with E-state index < -0.39 is 0 Å². The molecule has 2 aromatic heterocycles. The van der Waals surface area contributed by atoms with E-state index in [0.717, 1.165) is 11.3 Å². The number of furan rings is 1. The van der Waals surface area contributed by atoms with Gasteiger partial charge in [-0.25, -0.2) is 4.39 Å². The van der Waals surface area contributed by atoms with Gasteiger partial charge in [-0.1, -0.05) is 23.2 Å².